The molecule has 0 aromatic heterocycles. The highest BCUT2D eigenvalue weighted by Crippen LogP contribution is 1.90. The molecular formula is C15H34N4O. The van der Waals surface area contributed by atoms with Crippen molar-refractivity contribution < 1.29 is 4.79 Å². The molecule has 0 saturated heterocycles. The van der Waals surface area contributed by atoms with Gasteiger partial charge < -0.3 is 20.4 Å². The molecular weight excluding hydrogens is 252 g/mol. The molecule has 2 amide bonds. The molecule has 5 heteroatoms. The zero-order chi connectivity index (χ0) is 15.2. The van der Waals surface area contributed by atoms with Crippen LogP contribution in [0.4, 0.5) is 4.79 Å². The van der Waals surface area contributed by atoms with E-state index in [0.29, 0.717) is 0 Å². The molecule has 0 aromatic rings. The van der Waals surface area contributed by atoms with E-state index < -0.39 is 0 Å². The molecule has 0 unspecified atom stereocenters. The quantitative estimate of drug-likeness (QED) is 0.537. The monoisotopic (exact) mass is 286 g/mol. The lowest BCUT2D eigenvalue weighted by molar-refractivity contribution is 0.237. The third-order valence-corrected chi connectivity index (χ3v) is 3.66. The number of rotatable bonds is 12. The van der Waals surface area contributed by atoms with Gasteiger partial charge in [-0.1, -0.05) is 27.7 Å². The second-order valence-electron chi connectivity index (χ2n) is 4.94. The topological polar surface area (TPSA) is 47.6 Å². The number of nitrogens with zero attached hydrogens (tertiary/aromatic N) is 2. The van der Waals surface area contributed by atoms with Gasteiger partial charge in [0.1, 0.15) is 0 Å². The molecule has 0 heterocycles. The molecule has 0 radical (unpaired) electrons. The molecule has 0 rings (SSSR count). The van der Waals surface area contributed by atoms with Crippen LogP contribution in [0, 0.1) is 0 Å². The summed E-state index contributed by atoms with van der Waals surface area (Å²) in [7, 11) is 0. The van der Waals surface area contributed by atoms with E-state index in [1.807, 2.05) is 0 Å². The minimum absolute atomic E-state index is 0.0379. The first-order valence-corrected chi connectivity index (χ1v) is 8.14. The second kappa shape index (κ2) is 13.2. The number of hydrogen-bond donors (Lipinski definition) is 2. The van der Waals surface area contributed by atoms with Crippen molar-refractivity contribution in [3.63, 3.8) is 0 Å². The van der Waals surface area contributed by atoms with Gasteiger partial charge in [0, 0.05) is 13.1 Å². The average molecular weight is 286 g/mol. The SMILES string of the molecule is CCN(CC)CCCNC(=O)NCCCN(CC)CC. The molecule has 0 bridgehead atoms. The normalized spacial score (nSPS) is 11.1. The lowest BCUT2D eigenvalue weighted by atomic mass is 10.3. The maximum Gasteiger partial charge on any atom is 0.314 e. The molecule has 0 atom stereocenters. The number of carbonyl (C=O) groups is 1. The van der Waals surface area contributed by atoms with Gasteiger partial charge >= 0.3 is 6.03 Å². The zero-order valence-electron chi connectivity index (χ0n) is 13.9. The molecule has 2 N–H and O–H groups in total. The fourth-order valence-electron chi connectivity index (χ4n) is 2.15. The number of nitrogens with one attached hydrogen (secondary N) is 2. The van der Waals surface area contributed by atoms with Gasteiger partial charge in [0.05, 0.1) is 0 Å². The van der Waals surface area contributed by atoms with E-state index >= 15 is 0 Å². The van der Waals surface area contributed by atoms with Gasteiger partial charge in [-0.25, -0.2) is 4.79 Å². The Bertz CT molecular complexity index is 206. The van der Waals surface area contributed by atoms with Crippen LogP contribution in [-0.4, -0.2) is 68.2 Å². The predicted molar refractivity (Wildman–Crippen MR) is 86.2 cm³/mol. The van der Waals surface area contributed by atoms with E-state index in [0.717, 1.165) is 65.2 Å². The molecule has 0 aromatic carbocycles. The van der Waals surface area contributed by atoms with Gasteiger partial charge in [-0.3, -0.25) is 0 Å². The molecule has 0 spiro atoms. The predicted octanol–water partition coefficient (Wildman–Crippen LogP) is 1.75. The molecule has 0 saturated carbocycles. The van der Waals surface area contributed by atoms with Gasteiger partial charge in [-0.2, -0.15) is 0 Å². The van der Waals surface area contributed by atoms with Crippen LogP contribution in [0.25, 0.3) is 0 Å². The third-order valence-electron chi connectivity index (χ3n) is 3.66. The average Bonchev–Trinajstić information content (AvgIpc) is 2.47. The minimum Gasteiger partial charge on any atom is -0.338 e. The first-order chi connectivity index (χ1) is 9.67. The summed E-state index contributed by atoms with van der Waals surface area (Å²) in [5.74, 6) is 0. The Labute approximate surface area is 125 Å². The lowest BCUT2D eigenvalue weighted by Crippen LogP contribution is -2.38. The highest BCUT2D eigenvalue weighted by Gasteiger charge is 2.02. The van der Waals surface area contributed by atoms with Crippen molar-refractivity contribution in [1.82, 2.24) is 20.4 Å². The fraction of sp³-hybridized carbons (Fsp3) is 0.933. The zero-order valence-corrected chi connectivity index (χ0v) is 13.9. The van der Waals surface area contributed by atoms with Gasteiger partial charge in [-0.15, -0.1) is 0 Å². The summed E-state index contributed by atoms with van der Waals surface area (Å²) in [6.45, 7) is 16.6. The van der Waals surface area contributed by atoms with Crippen molar-refractivity contribution in [2.75, 3.05) is 52.4 Å². The van der Waals surface area contributed by atoms with Crippen molar-refractivity contribution in [3.05, 3.63) is 0 Å². The van der Waals surface area contributed by atoms with E-state index in [2.05, 4.69) is 48.1 Å². The molecule has 0 fully saturated rings. The Morgan fingerprint density at radius 1 is 0.750 bits per heavy atom. The fourth-order valence-corrected chi connectivity index (χ4v) is 2.15. The summed E-state index contributed by atoms with van der Waals surface area (Å²) < 4.78 is 0. The van der Waals surface area contributed by atoms with Gasteiger partial charge in [-0.05, 0) is 52.1 Å². The highest BCUT2D eigenvalue weighted by molar-refractivity contribution is 5.73. The van der Waals surface area contributed by atoms with E-state index in [1.165, 1.54) is 0 Å². The van der Waals surface area contributed by atoms with Crippen molar-refractivity contribution in [3.8, 4) is 0 Å². The van der Waals surface area contributed by atoms with E-state index in [4.69, 9.17) is 0 Å². The minimum atomic E-state index is -0.0379. The Morgan fingerprint density at radius 3 is 1.40 bits per heavy atom. The Kier molecular flexibility index (Phi) is 12.7. The Balaban J connectivity index is 3.45. The molecule has 0 aliphatic carbocycles. The molecule has 5 nitrogen and oxygen atoms in total. The number of urea groups is 1. The lowest BCUT2D eigenvalue weighted by Gasteiger charge is -2.18. The molecule has 0 aliphatic heterocycles. The van der Waals surface area contributed by atoms with Crippen LogP contribution in [-0.2, 0) is 0 Å². The maximum absolute atomic E-state index is 11.6. The van der Waals surface area contributed by atoms with Crippen LogP contribution >= 0.6 is 0 Å². The molecule has 120 valence electrons. The number of carbonyl (C=O) groups excluding carboxylic acids is 1. The van der Waals surface area contributed by atoms with E-state index in [1.54, 1.807) is 0 Å². The molecule has 0 aliphatic rings. The maximum atomic E-state index is 11.6. The molecule has 20 heavy (non-hydrogen) atoms. The van der Waals surface area contributed by atoms with Gasteiger partial charge in [0.15, 0.2) is 0 Å². The summed E-state index contributed by atoms with van der Waals surface area (Å²) >= 11 is 0. The van der Waals surface area contributed by atoms with Crippen LogP contribution in [0.3, 0.4) is 0 Å². The van der Waals surface area contributed by atoms with E-state index in [-0.39, 0.29) is 6.03 Å². The largest absolute Gasteiger partial charge is 0.338 e. The summed E-state index contributed by atoms with van der Waals surface area (Å²) in [4.78, 5) is 16.3. The summed E-state index contributed by atoms with van der Waals surface area (Å²) in [5, 5.41) is 5.82. The summed E-state index contributed by atoms with van der Waals surface area (Å²) in [5.41, 5.74) is 0. The first kappa shape index (κ1) is 19.2. The van der Waals surface area contributed by atoms with Crippen LogP contribution in [0.15, 0.2) is 0 Å². The standard InChI is InChI=1S/C15H34N4O/c1-5-18(6-2)13-9-11-16-15(20)17-12-10-14-19(7-3)8-4/h5-14H2,1-4H3,(H2,16,17,20). The van der Waals surface area contributed by atoms with Crippen LogP contribution in [0.1, 0.15) is 40.5 Å². The van der Waals surface area contributed by atoms with Crippen molar-refractivity contribution >= 4 is 6.03 Å². The van der Waals surface area contributed by atoms with Gasteiger partial charge in [0.25, 0.3) is 0 Å². The van der Waals surface area contributed by atoms with Crippen LogP contribution in [0.5, 0.6) is 0 Å². The van der Waals surface area contributed by atoms with Crippen LogP contribution < -0.4 is 10.6 Å². The van der Waals surface area contributed by atoms with E-state index in [9.17, 15) is 4.79 Å². The Morgan fingerprint density at radius 2 is 1.10 bits per heavy atom. The van der Waals surface area contributed by atoms with Crippen molar-refractivity contribution in [2.45, 2.75) is 40.5 Å². The summed E-state index contributed by atoms with van der Waals surface area (Å²) in [6.07, 6.45) is 2.02. The smallest absolute Gasteiger partial charge is 0.314 e. The van der Waals surface area contributed by atoms with Crippen molar-refractivity contribution in [2.24, 2.45) is 0 Å². The summed E-state index contributed by atoms with van der Waals surface area (Å²) in [6, 6.07) is -0.0379. The van der Waals surface area contributed by atoms with Crippen LogP contribution in [0.2, 0.25) is 0 Å². The highest BCUT2D eigenvalue weighted by atomic mass is 16.2. The number of amides is 2. The first-order valence-electron chi connectivity index (χ1n) is 8.14. The second-order valence-corrected chi connectivity index (χ2v) is 4.94. The van der Waals surface area contributed by atoms with Gasteiger partial charge in [0.2, 0.25) is 0 Å². The van der Waals surface area contributed by atoms with Crippen molar-refractivity contribution in [1.29, 1.82) is 0 Å². The third kappa shape index (κ3) is 10.0. The Hall–Kier alpha value is -0.810. The number of hydrogen-bond acceptors (Lipinski definition) is 3.